The van der Waals surface area contributed by atoms with Crippen LogP contribution < -0.4 is 0 Å². The van der Waals surface area contributed by atoms with Crippen LogP contribution in [0.5, 0.6) is 0 Å². The van der Waals surface area contributed by atoms with Gasteiger partial charge in [-0.25, -0.2) is 4.98 Å². The van der Waals surface area contributed by atoms with Crippen LogP contribution in [0, 0.1) is 6.92 Å². The first-order valence-corrected chi connectivity index (χ1v) is 9.31. The lowest BCUT2D eigenvalue weighted by Crippen LogP contribution is -2.29. The third-order valence-corrected chi connectivity index (χ3v) is 5.63. The molecule has 0 unspecified atom stereocenters. The van der Waals surface area contributed by atoms with Crippen LogP contribution in [0.1, 0.15) is 30.3 Å². The van der Waals surface area contributed by atoms with E-state index in [-0.39, 0.29) is 0 Å². The van der Waals surface area contributed by atoms with Crippen LogP contribution in [0.3, 0.4) is 0 Å². The molecule has 1 aliphatic heterocycles. The van der Waals surface area contributed by atoms with E-state index < -0.39 is 0 Å². The first-order valence-electron chi connectivity index (χ1n) is 9.31. The highest BCUT2D eigenvalue weighted by Crippen LogP contribution is 2.34. The minimum Gasteiger partial charge on any atom is -0.353 e. The zero-order chi connectivity index (χ0) is 17.7. The average molecular weight is 345 g/mol. The van der Waals surface area contributed by atoms with E-state index in [0.29, 0.717) is 5.92 Å². The molecule has 1 N–H and O–H groups in total. The van der Waals surface area contributed by atoms with Crippen molar-refractivity contribution in [3.8, 4) is 11.4 Å². The Bertz CT molecular complexity index is 1050. The van der Waals surface area contributed by atoms with E-state index in [2.05, 4.69) is 69.8 Å². The zero-order valence-corrected chi connectivity index (χ0v) is 15.2. The van der Waals surface area contributed by atoms with E-state index >= 15 is 0 Å². The molecule has 0 radical (unpaired) electrons. The fourth-order valence-electron chi connectivity index (χ4n) is 4.16. The molecule has 1 saturated heterocycles. The number of nitrogens with one attached hydrogen (secondary N) is 1. The van der Waals surface area contributed by atoms with Crippen LogP contribution in [0.4, 0.5) is 0 Å². The lowest BCUT2D eigenvalue weighted by Gasteiger charge is -2.28. The second-order valence-electron chi connectivity index (χ2n) is 7.40. The molecule has 4 heterocycles. The van der Waals surface area contributed by atoms with Crippen LogP contribution in [0.2, 0.25) is 0 Å². The monoisotopic (exact) mass is 345 g/mol. The molecule has 0 spiro atoms. The first kappa shape index (κ1) is 15.6. The van der Waals surface area contributed by atoms with Gasteiger partial charge in [-0.1, -0.05) is 18.2 Å². The Morgan fingerprint density at radius 2 is 1.96 bits per heavy atom. The summed E-state index contributed by atoms with van der Waals surface area (Å²) in [5.41, 5.74) is 5.37. The summed E-state index contributed by atoms with van der Waals surface area (Å²) in [6.07, 6.45) is 6.26. The van der Waals surface area contributed by atoms with Gasteiger partial charge in [0.1, 0.15) is 11.5 Å². The standard InChI is InChI=1S/C21H23N5/c1-14-20-19(18-13-16-5-3-4-6-17(16)23-18)24-21(26(20)12-9-22-14)15-7-10-25(2)11-8-15/h3-6,9,12-13,15,23H,7-8,10-11H2,1-2H3. The fourth-order valence-corrected chi connectivity index (χ4v) is 4.16. The van der Waals surface area contributed by atoms with E-state index in [1.54, 1.807) is 0 Å². The van der Waals surface area contributed by atoms with Crippen LogP contribution in [0.15, 0.2) is 42.7 Å². The molecule has 132 valence electrons. The minimum atomic E-state index is 0.499. The highest BCUT2D eigenvalue weighted by Gasteiger charge is 2.25. The van der Waals surface area contributed by atoms with Gasteiger partial charge in [-0.05, 0) is 52.0 Å². The maximum Gasteiger partial charge on any atom is 0.117 e. The Balaban J connectivity index is 1.70. The summed E-state index contributed by atoms with van der Waals surface area (Å²) in [5.74, 6) is 1.67. The number of piperidine rings is 1. The largest absolute Gasteiger partial charge is 0.353 e. The summed E-state index contributed by atoms with van der Waals surface area (Å²) >= 11 is 0. The Labute approximate surface area is 152 Å². The lowest BCUT2D eigenvalue weighted by atomic mass is 9.96. The molecule has 1 fully saturated rings. The highest BCUT2D eigenvalue weighted by atomic mass is 15.1. The number of aromatic amines is 1. The lowest BCUT2D eigenvalue weighted by molar-refractivity contribution is 0.251. The van der Waals surface area contributed by atoms with Crippen molar-refractivity contribution in [2.24, 2.45) is 0 Å². The van der Waals surface area contributed by atoms with Crippen molar-refractivity contribution >= 4 is 16.4 Å². The van der Waals surface area contributed by atoms with Crippen molar-refractivity contribution in [1.82, 2.24) is 24.3 Å². The van der Waals surface area contributed by atoms with Crippen molar-refractivity contribution < 1.29 is 0 Å². The van der Waals surface area contributed by atoms with Crippen molar-refractivity contribution in [1.29, 1.82) is 0 Å². The molecule has 3 aromatic heterocycles. The number of H-pyrrole nitrogens is 1. The number of nitrogens with zero attached hydrogens (tertiary/aromatic N) is 4. The second-order valence-corrected chi connectivity index (χ2v) is 7.40. The fraction of sp³-hybridized carbons (Fsp3) is 0.333. The molecular weight excluding hydrogens is 322 g/mol. The predicted molar refractivity (Wildman–Crippen MR) is 104 cm³/mol. The molecule has 1 aromatic carbocycles. The van der Waals surface area contributed by atoms with Crippen molar-refractivity contribution in [2.45, 2.75) is 25.7 Å². The van der Waals surface area contributed by atoms with E-state index in [0.717, 1.165) is 54.0 Å². The molecule has 5 rings (SSSR count). The predicted octanol–water partition coefficient (Wildman–Crippen LogP) is 4.00. The van der Waals surface area contributed by atoms with Crippen LogP contribution in [0.25, 0.3) is 27.8 Å². The number of benzene rings is 1. The summed E-state index contributed by atoms with van der Waals surface area (Å²) < 4.78 is 2.26. The van der Waals surface area contributed by atoms with Crippen LogP contribution in [-0.4, -0.2) is 44.4 Å². The Kier molecular flexibility index (Phi) is 3.57. The van der Waals surface area contributed by atoms with E-state index in [1.807, 2.05) is 6.20 Å². The van der Waals surface area contributed by atoms with Gasteiger partial charge in [0, 0.05) is 29.2 Å². The zero-order valence-electron chi connectivity index (χ0n) is 15.2. The third kappa shape index (κ3) is 2.42. The summed E-state index contributed by atoms with van der Waals surface area (Å²) in [7, 11) is 2.20. The highest BCUT2D eigenvalue weighted by molar-refractivity contribution is 5.89. The number of para-hydroxylation sites is 1. The molecule has 0 atom stereocenters. The quantitative estimate of drug-likeness (QED) is 0.597. The number of fused-ring (bicyclic) bond motifs is 2. The minimum absolute atomic E-state index is 0.499. The SMILES string of the molecule is Cc1nccn2c(C3CCN(C)CC3)nc(-c3cc4ccccc4[nH]3)c12. The molecular formula is C21H23N5. The third-order valence-electron chi connectivity index (χ3n) is 5.63. The normalized spacial score (nSPS) is 16.7. The smallest absolute Gasteiger partial charge is 0.117 e. The maximum absolute atomic E-state index is 5.14. The molecule has 5 nitrogen and oxygen atoms in total. The molecule has 26 heavy (non-hydrogen) atoms. The summed E-state index contributed by atoms with van der Waals surface area (Å²) in [4.78, 5) is 15.6. The van der Waals surface area contributed by atoms with E-state index in [1.165, 1.54) is 11.2 Å². The van der Waals surface area contributed by atoms with Crippen LogP contribution in [-0.2, 0) is 0 Å². The number of rotatable bonds is 2. The summed E-state index contributed by atoms with van der Waals surface area (Å²) in [6, 6.07) is 10.6. The van der Waals surface area contributed by atoms with Gasteiger partial charge in [0.15, 0.2) is 0 Å². The number of hydrogen-bond donors (Lipinski definition) is 1. The molecule has 0 amide bonds. The molecule has 4 aromatic rings. The van der Waals surface area contributed by atoms with Gasteiger partial charge in [-0.2, -0.15) is 0 Å². The van der Waals surface area contributed by atoms with Gasteiger partial charge in [-0.3, -0.25) is 9.38 Å². The summed E-state index contributed by atoms with van der Waals surface area (Å²) in [5, 5.41) is 1.21. The molecule has 5 heteroatoms. The topological polar surface area (TPSA) is 49.2 Å². The van der Waals surface area contributed by atoms with Crippen LogP contribution >= 0.6 is 0 Å². The number of hydrogen-bond acceptors (Lipinski definition) is 3. The molecule has 1 aliphatic rings. The van der Waals surface area contributed by atoms with E-state index in [4.69, 9.17) is 4.98 Å². The molecule has 0 aliphatic carbocycles. The van der Waals surface area contributed by atoms with Gasteiger partial charge in [-0.15, -0.1) is 0 Å². The molecule has 0 bridgehead atoms. The van der Waals surface area contributed by atoms with Gasteiger partial charge >= 0.3 is 0 Å². The van der Waals surface area contributed by atoms with Gasteiger partial charge in [0.05, 0.1) is 16.9 Å². The average Bonchev–Trinajstić information content (AvgIpc) is 3.24. The van der Waals surface area contributed by atoms with Crippen molar-refractivity contribution in [3.63, 3.8) is 0 Å². The second kappa shape index (κ2) is 5.95. The Hall–Kier alpha value is -2.66. The molecule has 0 saturated carbocycles. The van der Waals surface area contributed by atoms with Gasteiger partial charge < -0.3 is 9.88 Å². The van der Waals surface area contributed by atoms with Gasteiger partial charge in [0.25, 0.3) is 0 Å². The summed E-state index contributed by atoms with van der Waals surface area (Å²) in [6.45, 7) is 4.33. The van der Waals surface area contributed by atoms with Crippen molar-refractivity contribution in [2.75, 3.05) is 20.1 Å². The first-order chi connectivity index (χ1) is 12.7. The Morgan fingerprint density at radius 1 is 1.15 bits per heavy atom. The number of imidazole rings is 1. The number of likely N-dealkylation sites (tertiary alicyclic amines) is 1. The van der Waals surface area contributed by atoms with Gasteiger partial charge in [0.2, 0.25) is 0 Å². The Morgan fingerprint density at radius 3 is 2.77 bits per heavy atom. The maximum atomic E-state index is 5.14. The number of aromatic nitrogens is 4. The van der Waals surface area contributed by atoms with Crippen molar-refractivity contribution in [3.05, 3.63) is 54.2 Å². The number of aryl methyl sites for hydroxylation is 1. The van der Waals surface area contributed by atoms with E-state index in [9.17, 15) is 0 Å².